The zero-order valence-corrected chi connectivity index (χ0v) is 14.4. The number of fused-ring (bicyclic) bond motifs is 1. The van der Waals surface area contributed by atoms with Crippen molar-refractivity contribution in [3.05, 3.63) is 24.7 Å². The second-order valence-electron chi connectivity index (χ2n) is 6.27. The third-order valence-corrected chi connectivity index (χ3v) is 5.80. The summed E-state index contributed by atoms with van der Waals surface area (Å²) in [6.45, 7) is 3.54. The van der Waals surface area contributed by atoms with Crippen LogP contribution in [0.4, 0.5) is 5.82 Å². The number of amides is 1. The van der Waals surface area contributed by atoms with Gasteiger partial charge in [-0.3, -0.25) is 4.79 Å². The number of piperidine rings is 1. The number of rotatable bonds is 2. The van der Waals surface area contributed by atoms with Gasteiger partial charge in [-0.25, -0.2) is 15.0 Å². The Labute approximate surface area is 145 Å². The lowest BCUT2D eigenvalue weighted by Gasteiger charge is -2.36. The number of thioether (sulfide) groups is 1. The van der Waals surface area contributed by atoms with Crippen molar-refractivity contribution in [2.45, 2.75) is 12.8 Å². The van der Waals surface area contributed by atoms with Crippen LogP contribution in [0.1, 0.15) is 12.8 Å². The molecule has 2 aromatic heterocycles. The van der Waals surface area contributed by atoms with Crippen LogP contribution in [-0.2, 0) is 4.79 Å². The quantitative estimate of drug-likeness (QED) is 0.829. The lowest BCUT2D eigenvalue weighted by atomic mass is 9.95. The average molecular weight is 343 g/mol. The van der Waals surface area contributed by atoms with E-state index in [9.17, 15) is 4.79 Å². The second-order valence-corrected chi connectivity index (χ2v) is 7.50. The van der Waals surface area contributed by atoms with Crippen molar-refractivity contribution in [3.63, 3.8) is 0 Å². The molecule has 0 aliphatic carbocycles. The molecular weight excluding hydrogens is 322 g/mol. The van der Waals surface area contributed by atoms with Crippen LogP contribution in [0.25, 0.3) is 11.0 Å². The van der Waals surface area contributed by atoms with Crippen molar-refractivity contribution in [2.75, 3.05) is 42.6 Å². The molecule has 24 heavy (non-hydrogen) atoms. The molecule has 0 unspecified atom stereocenters. The summed E-state index contributed by atoms with van der Waals surface area (Å²) >= 11 is 1.94. The van der Waals surface area contributed by atoms with Crippen molar-refractivity contribution in [1.29, 1.82) is 0 Å². The average Bonchev–Trinajstić information content (AvgIpc) is 2.68. The third-order valence-electron chi connectivity index (χ3n) is 4.85. The minimum atomic E-state index is 0.163. The summed E-state index contributed by atoms with van der Waals surface area (Å²) in [6, 6.07) is 3.93. The van der Waals surface area contributed by atoms with Crippen LogP contribution in [0.5, 0.6) is 0 Å². The summed E-state index contributed by atoms with van der Waals surface area (Å²) in [4.78, 5) is 30.0. The van der Waals surface area contributed by atoms with E-state index in [2.05, 4.69) is 24.8 Å². The number of pyridine rings is 1. The van der Waals surface area contributed by atoms with Gasteiger partial charge in [0.05, 0.1) is 5.39 Å². The molecule has 2 saturated heterocycles. The summed E-state index contributed by atoms with van der Waals surface area (Å²) < 4.78 is 0. The van der Waals surface area contributed by atoms with Gasteiger partial charge < -0.3 is 9.80 Å². The Morgan fingerprint density at radius 1 is 1.08 bits per heavy atom. The SMILES string of the molecule is O=C(C1CCN(c2ncnc3ncccc23)CC1)N1CCSCC1. The van der Waals surface area contributed by atoms with E-state index < -0.39 is 0 Å². The third kappa shape index (κ3) is 3.05. The lowest BCUT2D eigenvalue weighted by molar-refractivity contribution is -0.135. The van der Waals surface area contributed by atoms with Crippen molar-refractivity contribution in [3.8, 4) is 0 Å². The van der Waals surface area contributed by atoms with Gasteiger partial charge in [0.15, 0.2) is 5.65 Å². The summed E-state index contributed by atoms with van der Waals surface area (Å²) in [5.41, 5.74) is 0.728. The van der Waals surface area contributed by atoms with Crippen LogP contribution in [0, 0.1) is 5.92 Å². The summed E-state index contributed by atoms with van der Waals surface area (Å²) in [6.07, 6.45) is 5.12. The maximum Gasteiger partial charge on any atom is 0.225 e. The molecule has 0 spiro atoms. The van der Waals surface area contributed by atoms with E-state index in [0.717, 1.165) is 67.4 Å². The van der Waals surface area contributed by atoms with Crippen molar-refractivity contribution in [1.82, 2.24) is 19.9 Å². The highest BCUT2D eigenvalue weighted by atomic mass is 32.2. The Kier molecular flexibility index (Phi) is 4.51. The molecule has 2 aliphatic rings. The van der Waals surface area contributed by atoms with Gasteiger partial charge >= 0.3 is 0 Å². The van der Waals surface area contributed by atoms with E-state index >= 15 is 0 Å². The van der Waals surface area contributed by atoms with Gasteiger partial charge in [0.1, 0.15) is 12.1 Å². The second kappa shape index (κ2) is 6.93. The van der Waals surface area contributed by atoms with Crippen molar-refractivity contribution < 1.29 is 4.79 Å². The molecule has 0 bridgehead atoms. The molecule has 0 N–H and O–H groups in total. The van der Waals surface area contributed by atoms with Gasteiger partial charge in [0.25, 0.3) is 0 Å². The predicted molar refractivity (Wildman–Crippen MR) is 96.2 cm³/mol. The van der Waals surface area contributed by atoms with E-state index in [1.165, 1.54) is 0 Å². The Bertz CT molecular complexity index is 720. The van der Waals surface area contributed by atoms with Gasteiger partial charge in [0, 0.05) is 49.8 Å². The number of aromatic nitrogens is 3. The fraction of sp³-hybridized carbons (Fsp3) is 0.529. The highest BCUT2D eigenvalue weighted by molar-refractivity contribution is 7.99. The van der Waals surface area contributed by atoms with Crippen LogP contribution in [0.15, 0.2) is 24.7 Å². The van der Waals surface area contributed by atoms with E-state index in [1.807, 2.05) is 23.9 Å². The van der Waals surface area contributed by atoms with E-state index in [1.54, 1.807) is 12.5 Å². The minimum absolute atomic E-state index is 0.163. The van der Waals surface area contributed by atoms with Crippen LogP contribution in [0.3, 0.4) is 0 Å². The largest absolute Gasteiger partial charge is 0.356 e. The highest BCUT2D eigenvalue weighted by Gasteiger charge is 2.30. The molecule has 0 radical (unpaired) electrons. The van der Waals surface area contributed by atoms with E-state index in [4.69, 9.17) is 0 Å². The van der Waals surface area contributed by atoms with E-state index in [-0.39, 0.29) is 5.92 Å². The zero-order chi connectivity index (χ0) is 16.4. The van der Waals surface area contributed by atoms with Crippen molar-refractivity contribution in [2.24, 2.45) is 5.92 Å². The number of hydrogen-bond donors (Lipinski definition) is 0. The summed E-state index contributed by atoms with van der Waals surface area (Å²) in [7, 11) is 0. The van der Waals surface area contributed by atoms with Gasteiger partial charge in [-0.15, -0.1) is 0 Å². The maximum atomic E-state index is 12.7. The van der Waals surface area contributed by atoms with Crippen LogP contribution < -0.4 is 4.90 Å². The van der Waals surface area contributed by atoms with E-state index in [0.29, 0.717) is 5.91 Å². The van der Waals surface area contributed by atoms with Gasteiger partial charge in [-0.05, 0) is 25.0 Å². The molecule has 0 atom stereocenters. The molecule has 0 saturated carbocycles. The summed E-state index contributed by atoms with van der Waals surface area (Å²) in [5.74, 6) is 3.60. The summed E-state index contributed by atoms with van der Waals surface area (Å²) in [5, 5.41) is 0.984. The maximum absolute atomic E-state index is 12.7. The molecule has 1 amide bonds. The fourth-order valence-corrected chi connectivity index (χ4v) is 4.42. The smallest absolute Gasteiger partial charge is 0.225 e. The first kappa shape index (κ1) is 15.6. The Morgan fingerprint density at radius 3 is 2.67 bits per heavy atom. The van der Waals surface area contributed by atoms with Crippen LogP contribution in [0.2, 0.25) is 0 Å². The molecule has 6 nitrogen and oxygen atoms in total. The monoisotopic (exact) mass is 343 g/mol. The predicted octanol–water partition coefficient (Wildman–Crippen LogP) is 1.82. The fourth-order valence-electron chi connectivity index (χ4n) is 3.51. The van der Waals surface area contributed by atoms with Crippen molar-refractivity contribution >= 4 is 34.5 Å². The van der Waals surface area contributed by atoms with Gasteiger partial charge in [0.2, 0.25) is 5.91 Å². The lowest BCUT2D eigenvalue weighted by Crippen LogP contribution is -2.45. The Balaban J connectivity index is 1.45. The standard InChI is InChI=1S/C17H21N5OS/c23-17(22-8-10-24-11-9-22)13-3-6-21(7-4-13)16-14-2-1-5-18-15(14)19-12-20-16/h1-2,5,12-13H,3-4,6-11H2. The van der Waals surface area contributed by atoms with Crippen LogP contribution in [-0.4, -0.2) is 63.4 Å². The molecule has 2 fully saturated rings. The molecule has 2 aliphatic heterocycles. The first-order valence-electron chi connectivity index (χ1n) is 8.50. The topological polar surface area (TPSA) is 62.2 Å². The molecule has 7 heteroatoms. The van der Waals surface area contributed by atoms with Crippen LogP contribution >= 0.6 is 11.8 Å². The molecule has 126 valence electrons. The Hall–Kier alpha value is -1.89. The number of anilines is 1. The zero-order valence-electron chi connectivity index (χ0n) is 13.6. The Morgan fingerprint density at radius 2 is 1.88 bits per heavy atom. The first-order valence-corrected chi connectivity index (χ1v) is 9.65. The number of carbonyl (C=O) groups is 1. The molecule has 2 aromatic rings. The molecule has 4 rings (SSSR count). The molecular formula is C17H21N5OS. The highest BCUT2D eigenvalue weighted by Crippen LogP contribution is 2.27. The number of hydrogen-bond acceptors (Lipinski definition) is 6. The first-order chi connectivity index (χ1) is 11.8. The number of carbonyl (C=O) groups excluding carboxylic acids is 1. The van der Waals surface area contributed by atoms with Gasteiger partial charge in [-0.1, -0.05) is 0 Å². The molecule has 0 aromatic carbocycles. The minimum Gasteiger partial charge on any atom is -0.356 e. The molecule has 4 heterocycles. The van der Waals surface area contributed by atoms with Gasteiger partial charge in [-0.2, -0.15) is 11.8 Å². The normalized spacial score (nSPS) is 19.7. The number of nitrogens with zero attached hydrogens (tertiary/aromatic N) is 5.